The van der Waals surface area contributed by atoms with Crippen molar-refractivity contribution in [1.82, 2.24) is 0 Å². The van der Waals surface area contributed by atoms with Crippen molar-refractivity contribution in [3.63, 3.8) is 0 Å². The van der Waals surface area contributed by atoms with Gasteiger partial charge < -0.3 is 34.6 Å². The van der Waals surface area contributed by atoms with Crippen LogP contribution in [0.25, 0.3) is 0 Å². The molecule has 0 heterocycles. The molecule has 8 aliphatic rings. The Hall–Kier alpha value is -3.12. The minimum atomic E-state index is -2.97. The Kier molecular flexibility index (Phi) is 15.8. The Balaban J connectivity index is 0.000000282. The van der Waals surface area contributed by atoms with Gasteiger partial charge in [-0.25, -0.2) is 0 Å². The van der Waals surface area contributed by atoms with E-state index in [1.807, 2.05) is 0 Å². The molecule has 0 spiro atoms. The zero-order valence-corrected chi connectivity index (χ0v) is 45.0. The van der Waals surface area contributed by atoms with Crippen LogP contribution in [0.3, 0.4) is 0 Å². The van der Waals surface area contributed by atoms with Crippen LogP contribution in [0.2, 0.25) is 0 Å². The smallest absolute Gasteiger partial charge is 0.310 e. The van der Waals surface area contributed by atoms with Gasteiger partial charge in [-0.2, -0.15) is 0 Å². The predicted octanol–water partition coefficient (Wildman–Crippen LogP) is 13.2. The molecule has 0 aromatic rings. The van der Waals surface area contributed by atoms with Crippen LogP contribution in [-0.4, -0.2) is 79.9 Å². The van der Waals surface area contributed by atoms with Crippen molar-refractivity contribution in [3.8, 4) is 0 Å². The van der Waals surface area contributed by atoms with Gasteiger partial charge in [0.2, 0.25) is 0 Å². The lowest BCUT2D eigenvalue weighted by atomic mass is 9.59. The number of aliphatic hydroxyl groups is 4. The largest absolute Gasteiger partial charge is 0.462 e. The summed E-state index contributed by atoms with van der Waals surface area (Å²) in [4.78, 5) is 42.8. The molecule has 0 bridgehead atoms. The summed E-state index contributed by atoms with van der Waals surface area (Å²) in [5.41, 5.74) is 0.315. The molecular weight excluding hydrogens is 933 g/mol. The van der Waals surface area contributed by atoms with E-state index in [1.54, 1.807) is 0 Å². The summed E-state index contributed by atoms with van der Waals surface area (Å²) >= 11 is 0. The van der Waals surface area contributed by atoms with Crippen LogP contribution in [0, 0.1) is 45.3 Å². The number of carbonyl (C=O) groups is 4. The van der Waals surface area contributed by atoms with Crippen LogP contribution in [-0.2, 0) is 33.4 Å². The van der Waals surface area contributed by atoms with Crippen LogP contribution < -0.4 is 0 Å². The van der Waals surface area contributed by atoms with Gasteiger partial charge in [-0.3, -0.25) is 19.2 Å². The highest BCUT2D eigenvalue weighted by molar-refractivity contribution is 5.82. The number of carbonyl (C=O) groups excluding carboxylic acids is 4. The Morgan fingerprint density at radius 1 is 0.581 bits per heavy atom. The number of hydrogen-bond donors (Lipinski definition) is 4. The van der Waals surface area contributed by atoms with Crippen molar-refractivity contribution >= 4 is 23.9 Å². The molecule has 0 aromatic heterocycles. The molecule has 420 valence electrons. The molecule has 8 saturated carbocycles. The molecule has 11 nitrogen and oxygen atoms in total. The van der Waals surface area contributed by atoms with Gasteiger partial charge in [0.1, 0.15) is 12.2 Å². The van der Waals surface area contributed by atoms with E-state index in [1.165, 1.54) is 45.3 Å². The number of ether oxygens (including phenoxy) is 3. The fourth-order valence-electron chi connectivity index (χ4n) is 15.6. The quantitative estimate of drug-likeness (QED) is 0.0740. The minimum absolute atomic E-state index is 0. The standard InChI is InChI=1S/C31H48O5.C27H44O3.C4H6O3.CH4/c1-21(32)35-25-18-23(19-26(20-25)36-22(2)33)9-10-24-8-6-14-30(5)27(24)11-12-28(30)31(16-17-31)15-7-13-29(3,4)34;1-25(2,30)11-5-13-27(14-15-27)24-10-9-23-20(6-4-12-26(23,24)3)8-7-19-16-21(28)18-22(29)17-19;1-3(5)7-4(2)6;/h9-10,25-28,34H,6-8,11-20H2,1-5H3;7-8,21-24,28-30H,4-6,9-18H2,1-3H3;1-2H3;1H4/b23-9?,24-10+;19-7?,20-8+;;/t25-,26?,27?,28?,30+;21-,22?,23?,24?,26+;;/m11../s1/i3D3,4D3;1D3,2D3;;. The van der Waals surface area contributed by atoms with Crippen LogP contribution in [0.1, 0.15) is 260 Å². The summed E-state index contributed by atoms with van der Waals surface area (Å²) in [7, 11) is 0. The Bertz CT molecular complexity index is 2420. The second kappa shape index (κ2) is 25.6. The van der Waals surface area contributed by atoms with E-state index in [2.05, 4.69) is 42.9 Å². The fourth-order valence-corrected chi connectivity index (χ4v) is 15.6. The van der Waals surface area contributed by atoms with Crippen LogP contribution >= 0.6 is 0 Å². The molecule has 0 radical (unpaired) electrons. The van der Waals surface area contributed by atoms with Gasteiger partial charge in [0.25, 0.3) is 0 Å². The average Bonchev–Trinajstić information content (AvgIpc) is 1.57. The second-order valence-corrected chi connectivity index (χ2v) is 24.5. The molecule has 8 fully saturated rings. The summed E-state index contributed by atoms with van der Waals surface area (Å²) < 4.78 is 107. The van der Waals surface area contributed by atoms with Gasteiger partial charge in [0, 0.05) is 63.4 Å². The molecular formula is C63H102O11. The number of allylic oxidation sites excluding steroid dienone is 6. The topological polar surface area (TPSA) is 177 Å². The number of aliphatic hydroxyl groups excluding tert-OH is 2. The molecule has 8 rings (SSSR count). The number of esters is 4. The van der Waals surface area contributed by atoms with Crippen LogP contribution in [0.15, 0.2) is 46.6 Å². The first-order valence-corrected chi connectivity index (χ1v) is 27.8. The number of rotatable bonds is 14. The third kappa shape index (κ3) is 16.9. The average molecular weight is 1050 g/mol. The maximum absolute atomic E-state index is 11.6. The lowest BCUT2D eigenvalue weighted by molar-refractivity contribution is -0.157. The summed E-state index contributed by atoms with van der Waals surface area (Å²) in [5.74, 6) is 0.165. The third-order valence-corrected chi connectivity index (χ3v) is 18.7. The van der Waals surface area contributed by atoms with Crippen molar-refractivity contribution in [2.75, 3.05) is 0 Å². The van der Waals surface area contributed by atoms with Crippen LogP contribution in [0.4, 0.5) is 0 Å². The van der Waals surface area contributed by atoms with E-state index in [0.717, 1.165) is 107 Å². The summed E-state index contributed by atoms with van der Waals surface area (Å²) in [6.45, 7) is -1.83. The second-order valence-electron chi connectivity index (χ2n) is 24.5. The summed E-state index contributed by atoms with van der Waals surface area (Å²) in [5, 5.41) is 41.4. The Morgan fingerprint density at radius 2 is 0.973 bits per heavy atom. The molecule has 0 amide bonds. The predicted molar refractivity (Wildman–Crippen MR) is 292 cm³/mol. The fraction of sp³-hybridized carbons (Fsp3) is 0.810. The third-order valence-electron chi connectivity index (χ3n) is 18.7. The van der Waals surface area contributed by atoms with E-state index in [0.29, 0.717) is 75.0 Å². The summed E-state index contributed by atoms with van der Waals surface area (Å²) in [6.07, 6.45) is 28.0. The highest BCUT2D eigenvalue weighted by atomic mass is 16.6. The van der Waals surface area contributed by atoms with Gasteiger partial charge in [0.15, 0.2) is 0 Å². The Morgan fingerprint density at radius 3 is 1.31 bits per heavy atom. The molecule has 10 atom stereocenters. The first-order valence-electron chi connectivity index (χ1n) is 33.8. The molecule has 6 unspecified atom stereocenters. The first kappa shape index (κ1) is 45.9. The van der Waals surface area contributed by atoms with E-state index >= 15 is 0 Å². The van der Waals surface area contributed by atoms with E-state index < -0.39 is 62.8 Å². The van der Waals surface area contributed by atoms with Gasteiger partial charge in [0.05, 0.1) is 23.4 Å². The van der Waals surface area contributed by atoms with Gasteiger partial charge in [-0.15, -0.1) is 0 Å². The van der Waals surface area contributed by atoms with E-state index in [9.17, 15) is 39.6 Å². The first-order chi connectivity index (χ1) is 39.1. The van der Waals surface area contributed by atoms with Gasteiger partial charge >= 0.3 is 23.9 Å². The van der Waals surface area contributed by atoms with Crippen molar-refractivity contribution in [3.05, 3.63) is 46.6 Å². The Labute approximate surface area is 464 Å². The minimum Gasteiger partial charge on any atom is -0.462 e. The lowest BCUT2D eigenvalue weighted by Crippen LogP contribution is -2.37. The van der Waals surface area contributed by atoms with E-state index in [4.69, 9.17) is 25.9 Å². The normalized spacial score (nSPS) is 38.0. The van der Waals surface area contributed by atoms with Crippen molar-refractivity contribution < 1.29 is 70.3 Å². The molecule has 4 N–H and O–H groups in total. The van der Waals surface area contributed by atoms with Gasteiger partial charge in [-0.1, -0.05) is 80.7 Å². The molecule has 8 aliphatic carbocycles. The van der Waals surface area contributed by atoms with Crippen molar-refractivity contribution in [2.45, 2.75) is 279 Å². The zero-order chi connectivity index (χ0) is 63.6. The molecule has 0 aromatic carbocycles. The number of hydrogen-bond acceptors (Lipinski definition) is 11. The SMILES string of the molecule is C.CC(=O)OC(C)=O.[2H]C([2H])([2H])C(O)(CCCC1(C2CCC3/C(=C/C=C4CC(O)C[C@H](O)C4)CCC[C@@]32C)CC1)C([2H])([2H])[2H].[2H]C([2H])([2H])C(O)(CCCC1(C2CCC3/C(=C/C=C4CC(OC(C)=O)C[C@H](OC(C)=O)C4)CCC[C@@]32C)CC1)C([2H])([2H])[2H]. The molecule has 0 aliphatic heterocycles. The van der Waals surface area contributed by atoms with Crippen LogP contribution in [0.5, 0.6) is 0 Å². The zero-order valence-electron chi connectivity index (χ0n) is 57.0. The summed E-state index contributed by atoms with van der Waals surface area (Å²) in [6, 6.07) is 0. The maximum atomic E-state index is 11.6. The monoisotopic (exact) mass is 1050 g/mol. The molecule has 0 saturated heterocycles. The van der Waals surface area contributed by atoms with Gasteiger partial charge in [-0.05, 0) is 208 Å². The van der Waals surface area contributed by atoms with Crippen molar-refractivity contribution in [2.24, 2.45) is 45.3 Å². The molecule has 11 heteroatoms. The van der Waals surface area contributed by atoms with Crippen molar-refractivity contribution in [1.29, 1.82) is 0 Å². The highest BCUT2D eigenvalue weighted by Crippen LogP contribution is 2.71. The highest BCUT2D eigenvalue weighted by Gasteiger charge is 2.62. The maximum Gasteiger partial charge on any atom is 0.310 e. The molecule has 74 heavy (non-hydrogen) atoms. The lowest BCUT2D eigenvalue weighted by Gasteiger charge is -2.45. The van der Waals surface area contributed by atoms with E-state index in [-0.39, 0.29) is 66.1 Å². The number of fused-ring (bicyclic) bond motifs is 2.